The largest absolute Gasteiger partial charge is 0.462 e. The lowest BCUT2D eigenvalue weighted by molar-refractivity contribution is -0.161. The van der Waals surface area contributed by atoms with Gasteiger partial charge in [0.25, 0.3) is 0 Å². The van der Waals surface area contributed by atoms with Gasteiger partial charge < -0.3 is 14.6 Å². The Hall–Kier alpha value is -1.62. The first-order chi connectivity index (χ1) is 27.1. The van der Waals surface area contributed by atoms with E-state index in [4.69, 9.17) is 9.47 Å². The first-order valence-corrected chi connectivity index (χ1v) is 24.4. The summed E-state index contributed by atoms with van der Waals surface area (Å²) in [6.07, 6.45) is 56.9. The Morgan fingerprint density at radius 1 is 0.418 bits per heavy atom. The van der Waals surface area contributed by atoms with Crippen LogP contribution in [0, 0.1) is 0 Å². The Balaban J connectivity index is 3.47. The third-order valence-electron chi connectivity index (χ3n) is 11.0. The monoisotopic (exact) mass is 775 g/mol. The van der Waals surface area contributed by atoms with Crippen molar-refractivity contribution in [1.82, 2.24) is 0 Å². The summed E-state index contributed by atoms with van der Waals surface area (Å²) < 4.78 is 10.7. The van der Waals surface area contributed by atoms with Crippen LogP contribution in [0.15, 0.2) is 24.3 Å². The minimum atomic E-state index is -0.770. The smallest absolute Gasteiger partial charge is 0.306 e. The maximum absolute atomic E-state index is 12.2. The van der Waals surface area contributed by atoms with Crippen molar-refractivity contribution in [2.24, 2.45) is 0 Å². The molecular formula is C50H94O5. The quantitative estimate of drug-likeness (QED) is 0.0379. The number of unbranched alkanes of at least 4 members (excludes halogenated alkanes) is 33. The molecule has 0 fully saturated rings. The van der Waals surface area contributed by atoms with Crippen molar-refractivity contribution < 1.29 is 24.2 Å². The molecule has 0 radical (unpaired) electrons. The molecule has 0 aliphatic heterocycles. The van der Waals surface area contributed by atoms with Crippen LogP contribution in [0.2, 0.25) is 0 Å². The lowest BCUT2D eigenvalue weighted by Crippen LogP contribution is -2.28. The van der Waals surface area contributed by atoms with Crippen LogP contribution in [0.3, 0.4) is 0 Å². The van der Waals surface area contributed by atoms with E-state index in [0.717, 1.165) is 38.5 Å². The highest BCUT2D eigenvalue weighted by molar-refractivity contribution is 5.70. The van der Waals surface area contributed by atoms with Crippen LogP contribution < -0.4 is 0 Å². The minimum absolute atomic E-state index is 0.0623. The predicted octanol–water partition coefficient (Wildman–Crippen LogP) is 15.8. The molecule has 5 heteroatoms. The van der Waals surface area contributed by atoms with Gasteiger partial charge in [0.05, 0.1) is 6.61 Å². The number of ether oxygens (including phenoxy) is 2. The van der Waals surface area contributed by atoms with Gasteiger partial charge in [-0.2, -0.15) is 0 Å². The summed E-state index contributed by atoms with van der Waals surface area (Å²) in [6.45, 7) is 4.15. The first-order valence-electron chi connectivity index (χ1n) is 24.4. The highest BCUT2D eigenvalue weighted by atomic mass is 16.6. The van der Waals surface area contributed by atoms with Gasteiger partial charge in [0.15, 0.2) is 6.10 Å². The topological polar surface area (TPSA) is 72.8 Å². The molecule has 324 valence electrons. The zero-order valence-electron chi connectivity index (χ0n) is 37.0. The zero-order chi connectivity index (χ0) is 40.0. The van der Waals surface area contributed by atoms with Crippen LogP contribution in [-0.2, 0) is 19.1 Å². The Kier molecular flexibility index (Phi) is 45.4. The van der Waals surface area contributed by atoms with E-state index >= 15 is 0 Å². The number of allylic oxidation sites excluding steroid dienone is 4. The van der Waals surface area contributed by atoms with Crippen molar-refractivity contribution in [1.29, 1.82) is 0 Å². The average Bonchev–Trinajstić information content (AvgIpc) is 3.19. The fourth-order valence-electron chi connectivity index (χ4n) is 7.29. The Labute approximate surface area is 343 Å². The van der Waals surface area contributed by atoms with E-state index in [0.29, 0.717) is 12.8 Å². The molecule has 0 rings (SSSR count). The summed E-state index contributed by atoms with van der Waals surface area (Å²) in [6, 6.07) is 0. The van der Waals surface area contributed by atoms with Crippen molar-refractivity contribution in [3.8, 4) is 0 Å². The van der Waals surface area contributed by atoms with Gasteiger partial charge in [0.2, 0.25) is 0 Å². The van der Waals surface area contributed by atoms with Gasteiger partial charge in [0, 0.05) is 12.8 Å². The van der Waals surface area contributed by atoms with Crippen LogP contribution in [0.1, 0.15) is 264 Å². The number of hydrogen-bond acceptors (Lipinski definition) is 5. The number of aliphatic hydroxyl groups excluding tert-OH is 1. The van der Waals surface area contributed by atoms with Crippen molar-refractivity contribution in [2.75, 3.05) is 13.2 Å². The molecule has 0 unspecified atom stereocenters. The maximum Gasteiger partial charge on any atom is 0.306 e. The molecular weight excluding hydrogens is 681 g/mol. The fourth-order valence-corrected chi connectivity index (χ4v) is 7.29. The summed E-state index contributed by atoms with van der Waals surface area (Å²) in [5, 5.41) is 9.61. The van der Waals surface area contributed by atoms with E-state index in [1.807, 2.05) is 0 Å². The lowest BCUT2D eigenvalue weighted by Gasteiger charge is -2.15. The van der Waals surface area contributed by atoms with Crippen molar-refractivity contribution in [2.45, 2.75) is 270 Å². The van der Waals surface area contributed by atoms with E-state index in [2.05, 4.69) is 38.2 Å². The van der Waals surface area contributed by atoms with E-state index < -0.39 is 6.10 Å². The number of carbonyl (C=O) groups is 2. The van der Waals surface area contributed by atoms with E-state index in [1.165, 1.54) is 199 Å². The molecule has 55 heavy (non-hydrogen) atoms. The fraction of sp³-hybridized carbons (Fsp3) is 0.880. The molecule has 0 aromatic rings. The van der Waals surface area contributed by atoms with Gasteiger partial charge in [-0.3, -0.25) is 9.59 Å². The number of rotatable bonds is 45. The van der Waals surface area contributed by atoms with E-state index in [9.17, 15) is 14.7 Å². The van der Waals surface area contributed by atoms with E-state index in [-0.39, 0.29) is 25.2 Å². The molecule has 0 saturated carbocycles. The molecule has 0 heterocycles. The summed E-state index contributed by atoms with van der Waals surface area (Å²) in [5.74, 6) is -0.581. The van der Waals surface area contributed by atoms with Gasteiger partial charge in [-0.05, 0) is 44.9 Å². The lowest BCUT2D eigenvalue weighted by atomic mass is 10.0. The standard InChI is InChI=1S/C50H94O5/c1-3-5-7-9-11-13-15-17-19-21-23-24-25-27-28-30-32-34-36-38-40-42-44-49(52)54-47-48(46-51)55-50(53)45-43-41-39-37-35-33-31-29-26-22-20-18-16-14-12-10-8-6-4-2/h12,14,18,20,48,51H,3-11,13,15-17,19,21-47H2,1-2H3/b14-12+,20-18+/t48-/m0/s1. The Bertz CT molecular complexity index is 836. The normalized spacial score (nSPS) is 12.3. The predicted molar refractivity (Wildman–Crippen MR) is 238 cm³/mol. The average molecular weight is 775 g/mol. The van der Waals surface area contributed by atoms with Gasteiger partial charge in [-0.25, -0.2) is 0 Å². The van der Waals surface area contributed by atoms with Crippen LogP contribution >= 0.6 is 0 Å². The van der Waals surface area contributed by atoms with Gasteiger partial charge in [0.1, 0.15) is 6.61 Å². The van der Waals surface area contributed by atoms with Gasteiger partial charge in [-0.1, -0.05) is 231 Å². The van der Waals surface area contributed by atoms with Crippen molar-refractivity contribution >= 4 is 11.9 Å². The molecule has 5 nitrogen and oxygen atoms in total. The number of hydrogen-bond donors (Lipinski definition) is 1. The molecule has 1 N–H and O–H groups in total. The van der Waals surface area contributed by atoms with Gasteiger partial charge in [-0.15, -0.1) is 0 Å². The molecule has 0 spiro atoms. The SMILES string of the molecule is CCCCC/C=C/C/C=C/CCCCCCCCCCCC(=O)O[C@@H](CO)COC(=O)CCCCCCCCCCCCCCCCCCCCCCCC. The van der Waals surface area contributed by atoms with Crippen LogP contribution in [-0.4, -0.2) is 36.4 Å². The molecule has 0 bridgehead atoms. The summed E-state index contributed by atoms with van der Waals surface area (Å²) in [5.41, 5.74) is 0. The van der Waals surface area contributed by atoms with Crippen molar-refractivity contribution in [3.05, 3.63) is 24.3 Å². The molecule has 0 aliphatic carbocycles. The van der Waals surface area contributed by atoms with Crippen LogP contribution in [0.5, 0.6) is 0 Å². The summed E-state index contributed by atoms with van der Waals surface area (Å²) >= 11 is 0. The summed E-state index contributed by atoms with van der Waals surface area (Å²) in [4.78, 5) is 24.4. The summed E-state index contributed by atoms with van der Waals surface area (Å²) in [7, 11) is 0. The number of aliphatic hydroxyl groups is 1. The highest BCUT2D eigenvalue weighted by Gasteiger charge is 2.16. The first kappa shape index (κ1) is 53.4. The number of esters is 2. The number of carbonyl (C=O) groups excluding carboxylic acids is 2. The maximum atomic E-state index is 12.2. The van der Waals surface area contributed by atoms with Crippen LogP contribution in [0.4, 0.5) is 0 Å². The molecule has 0 aliphatic rings. The third-order valence-corrected chi connectivity index (χ3v) is 11.0. The molecule has 0 aromatic heterocycles. The second-order valence-electron chi connectivity index (χ2n) is 16.5. The zero-order valence-corrected chi connectivity index (χ0v) is 37.0. The molecule has 0 amide bonds. The third kappa shape index (κ3) is 45.0. The Morgan fingerprint density at radius 3 is 1.11 bits per heavy atom. The van der Waals surface area contributed by atoms with Gasteiger partial charge >= 0.3 is 11.9 Å². The second-order valence-corrected chi connectivity index (χ2v) is 16.5. The highest BCUT2D eigenvalue weighted by Crippen LogP contribution is 2.16. The molecule has 0 saturated heterocycles. The minimum Gasteiger partial charge on any atom is -0.462 e. The molecule has 0 aromatic carbocycles. The van der Waals surface area contributed by atoms with Crippen molar-refractivity contribution in [3.63, 3.8) is 0 Å². The second kappa shape index (κ2) is 46.8. The molecule has 1 atom stereocenters. The van der Waals surface area contributed by atoms with Crippen LogP contribution in [0.25, 0.3) is 0 Å². The van der Waals surface area contributed by atoms with E-state index in [1.54, 1.807) is 0 Å². The Morgan fingerprint density at radius 2 is 0.727 bits per heavy atom.